The predicted octanol–water partition coefficient (Wildman–Crippen LogP) is 18.5. The van der Waals surface area contributed by atoms with Gasteiger partial charge < -0.3 is 14.2 Å². The van der Waals surface area contributed by atoms with Crippen molar-refractivity contribution in [3.05, 3.63) is 122 Å². The van der Waals surface area contributed by atoms with Gasteiger partial charge in [0.05, 0.1) is 0 Å². The van der Waals surface area contributed by atoms with Crippen LogP contribution in [0, 0.1) is 0 Å². The first kappa shape index (κ1) is 63.8. The van der Waals surface area contributed by atoms with Crippen molar-refractivity contribution in [1.29, 1.82) is 0 Å². The zero-order valence-electron chi connectivity index (χ0n) is 43.8. The summed E-state index contributed by atoms with van der Waals surface area (Å²) in [6, 6.07) is 0. The number of carbonyl (C=O) groups excluding carboxylic acids is 3. The molecule has 68 heavy (non-hydrogen) atoms. The van der Waals surface area contributed by atoms with E-state index in [1.807, 2.05) is 36.5 Å². The Morgan fingerprint density at radius 2 is 0.574 bits per heavy atom. The number of hydrogen-bond donors (Lipinski definition) is 0. The molecule has 6 heteroatoms. The summed E-state index contributed by atoms with van der Waals surface area (Å²) in [7, 11) is 0. The van der Waals surface area contributed by atoms with Crippen molar-refractivity contribution >= 4 is 17.9 Å². The average molecular weight is 941 g/mol. The molecule has 0 amide bonds. The highest BCUT2D eigenvalue weighted by molar-refractivity contribution is 5.71. The predicted molar refractivity (Wildman–Crippen MR) is 293 cm³/mol. The third kappa shape index (κ3) is 52.8. The Morgan fingerprint density at radius 1 is 0.309 bits per heavy atom. The topological polar surface area (TPSA) is 78.9 Å². The number of hydrogen-bond acceptors (Lipinski definition) is 6. The van der Waals surface area contributed by atoms with Gasteiger partial charge in [-0.25, -0.2) is 0 Å². The molecular weight excluding hydrogens is 841 g/mol. The standard InChI is InChI=1S/C62H100O6/c1-4-7-10-13-16-19-22-25-27-29-31-33-34-37-40-43-46-49-52-55-61(64)67-58-59(57-66-60(63)54-51-48-45-42-39-36-24-21-18-15-12-9-6-3)68-62(65)56-53-50-47-44-41-38-35-32-30-28-26-23-20-17-14-11-8-5-2/h9,12,15-26,28,30,32,35-36,39,59H,4-8,10-11,13-14,27,29,31,33-34,37-38,40-58H2,1-3H3/b12-9-,18-15-,19-16-,20-17-,24-21-,25-22-,26-23-,30-28-,35-32-,39-36-. The van der Waals surface area contributed by atoms with Gasteiger partial charge in [-0.3, -0.25) is 14.4 Å². The molecule has 0 bridgehead atoms. The summed E-state index contributed by atoms with van der Waals surface area (Å²) in [4.78, 5) is 38.1. The van der Waals surface area contributed by atoms with Crippen LogP contribution >= 0.6 is 0 Å². The molecule has 0 fully saturated rings. The number of esters is 3. The smallest absolute Gasteiger partial charge is 0.306 e. The fraction of sp³-hybridized carbons (Fsp3) is 0.629. The summed E-state index contributed by atoms with van der Waals surface area (Å²) in [5.74, 6) is -0.976. The van der Waals surface area contributed by atoms with Crippen LogP contribution in [0.3, 0.4) is 0 Å². The van der Waals surface area contributed by atoms with E-state index in [9.17, 15) is 14.4 Å². The highest BCUT2D eigenvalue weighted by Gasteiger charge is 2.19. The maximum atomic E-state index is 12.8. The van der Waals surface area contributed by atoms with Crippen LogP contribution in [0.1, 0.15) is 233 Å². The van der Waals surface area contributed by atoms with Crippen LogP contribution in [0.4, 0.5) is 0 Å². The molecule has 0 aliphatic carbocycles. The lowest BCUT2D eigenvalue weighted by Gasteiger charge is -2.18. The van der Waals surface area contributed by atoms with Gasteiger partial charge in [0.25, 0.3) is 0 Å². The van der Waals surface area contributed by atoms with Gasteiger partial charge in [-0.05, 0) is 89.9 Å². The molecular formula is C62H100O6. The van der Waals surface area contributed by atoms with Gasteiger partial charge in [-0.2, -0.15) is 0 Å². The molecule has 0 heterocycles. The number of rotatable bonds is 48. The number of unbranched alkanes of at least 4 members (excludes halogenated alkanes) is 24. The Morgan fingerprint density at radius 3 is 0.926 bits per heavy atom. The maximum Gasteiger partial charge on any atom is 0.306 e. The molecule has 0 spiro atoms. The molecule has 0 N–H and O–H groups in total. The van der Waals surface area contributed by atoms with Crippen LogP contribution in [0.2, 0.25) is 0 Å². The lowest BCUT2D eigenvalue weighted by atomic mass is 10.1. The summed E-state index contributed by atoms with van der Waals surface area (Å²) in [5, 5.41) is 0. The van der Waals surface area contributed by atoms with Crippen molar-refractivity contribution < 1.29 is 28.6 Å². The molecule has 0 rings (SSSR count). The van der Waals surface area contributed by atoms with E-state index in [1.54, 1.807) is 0 Å². The van der Waals surface area contributed by atoms with E-state index in [0.717, 1.165) is 96.3 Å². The number of carbonyl (C=O) groups is 3. The number of ether oxygens (including phenoxy) is 3. The normalized spacial score (nSPS) is 13.0. The lowest BCUT2D eigenvalue weighted by molar-refractivity contribution is -0.167. The molecule has 1 atom stereocenters. The van der Waals surface area contributed by atoms with Crippen molar-refractivity contribution in [2.45, 2.75) is 239 Å². The third-order valence-electron chi connectivity index (χ3n) is 11.4. The van der Waals surface area contributed by atoms with Gasteiger partial charge in [0, 0.05) is 19.3 Å². The molecule has 0 aliphatic heterocycles. The fourth-order valence-corrected chi connectivity index (χ4v) is 7.22. The second kappa shape index (κ2) is 55.4. The Labute approximate surface area is 418 Å². The minimum Gasteiger partial charge on any atom is -0.462 e. The molecule has 0 saturated heterocycles. The van der Waals surface area contributed by atoms with Gasteiger partial charge in [0.1, 0.15) is 13.2 Å². The Bertz CT molecular complexity index is 1450. The molecule has 0 radical (unpaired) electrons. The zero-order chi connectivity index (χ0) is 49.3. The quantitative estimate of drug-likeness (QED) is 0.0262. The van der Waals surface area contributed by atoms with Crippen molar-refractivity contribution in [2.24, 2.45) is 0 Å². The van der Waals surface area contributed by atoms with Gasteiger partial charge >= 0.3 is 17.9 Å². The van der Waals surface area contributed by atoms with Crippen LogP contribution < -0.4 is 0 Å². The van der Waals surface area contributed by atoms with Crippen LogP contribution in [-0.2, 0) is 28.6 Å². The summed E-state index contributed by atoms with van der Waals surface area (Å²) in [5.41, 5.74) is 0. The molecule has 0 aromatic carbocycles. The summed E-state index contributed by atoms with van der Waals surface area (Å²) < 4.78 is 16.8. The zero-order valence-corrected chi connectivity index (χ0v) is 43.8. The van der Waals surface area contributed by atoms with E-state index < -0.39 is 6.10 Å². The van der Waals surface area contributed by atoms with Crippen molar-refractivity contribution in [1.82, 2.24) is 0 Å². The minimum atomic E-state index is -0.812. The highest BCUT2D eigenvalue weighted by atomic mass is 16.6. The molecule has 6 nitrogen and oxygen atoms in total. The summed E-state index contributed by atoms with van der Waals surface area (Å²) in [6.45, 7) is 6.37. The third-order valence-corrected chi connectivity index (χ3v) is 11.4. The van der Waals surface area contributed by atoms with Crippen LogP contribution in [0.5, 0.6) is 0 Å². The highest BCUT2D eigenvalue weighted by Crippen LogP contribution is 2.14. The van der Waals surface area contributed by atoms with Gasteiger partial charge in [-0.15, -0.1) is 0 Å². The van der Waals surface area contributed by atoms with Crippen LogP contribution in [0.15, 0.2) is 122 Å². The SMILES string of the molecule is CC\C=C/C=C\C=C/C=C\CCCCCC(=O)OCC(COC(=O)CCCCCCCCCCCC/C=C\C=C/CCCCC)OC(=O)CCCCCCC\C=C/C=C\C=C/C=C\CCCCC. The van der Waals surface area contributed by atoms with Crippen molar-refractivity contribution in [2.75, 3.05) is 13.2 Å². The summed E-state index contributed by atoms with van der Waals surface area (Å²) in [6.07, 6.45) is 76.1. The second-order valence-electron chi connectivity index (χ2n) is 18.0. The molecule has 0 aromatic heterocycles. The Hall–Kier alpha value is -4.19. The van der Waals surface area contributed by atoms with Crippen LogP contribution in [-0.4, -0.2) is 37.2 Å². The molecule has 0 aromatic rings. The van der Waals surface area contributed by atoms with E-state index in [0.29, 0.717) is 12.8 Å². The largest absolute Gasteiger partial charge is 0.462 e. The first-order valence-corrected chi connectivity index (χ1v) is 27.7. The Balaban J connectivity index is 4.49. The van der Waals surface area contributed by atoms with Crippen molar-refractivity contribution in [3.63, 3.8) is 0 Å². The maximum absolute atomic E-state index is 12.8. The van der Waals surface area contributed by atoms with Crippen molar-refractivity contribution in [3.8, 4) is 0 Å². The first-order chi connectivity index (χ1) is 33.5. The summed E-state index contributed by atoms with van der Waals surface area (Å²) >= 11 is 0. The van der Waals surface area contributed by atoms with E-state index in [4.69, 9.17) is 14.2 Å². The van der Waals surface area contributed by atoms with E-state index >= 15 is 0 Å². The first-order valence-electron chi connectivity index (χ1n) is 27.7. The van der Waals surface area contributed by atoms with Crippen LogP contribution in [0.25, 0.3) is 0 Å². The van der Waals surface area contributed by atoms with Gasteiger partial charge in [0.15, 0.2) is 6.10 Å². The lowest BCUT2D eigenvalue weighted by Crippen LogP contribution is -2.30. The van der Waals surface area contributed by atoms with Gasteiger partial charge in [0.2, 0.25) is 0 Å². The van der Waals surface area contributed by atoms with E-state index in [-0.39, 0.29) is 37.5 Å². The molecule has 384 valence electrons. The minimum absolute atomic E-state index is 0.106. The van der Waals surface area contributed by atoms with Gasteiger partial charge in [-0.1, -0.05) is 245 Å². The molecule has 1 unspecified atom stereocenters. The Kier molecular flexibility index (Phi) is 52.0. The van der Waals surface area contributed by atoms with E-state index in [2.05, 4.69) is 106 Å². The fourth-order valence-electron chi connectivity index (χ4n) is 7.22. The second-order valence-corrected chi connectivity index (χ2v) is 18.0. The molecule has 0 aliphatic rings. The monoisotopic (exact) mass is 941 g/mol. The molecule has 0 saturated carbocycles. The number of allylic oxidation sites excluding steroid dienone is 20. The average Bonchev–Trinajstić information content (AvgIpc) is 3.34. The van der Waals surface area contributed by atoms with E-state index in [1.165, 1.54) is 96.3 Å².